The molecular formula is C22H38NO2+. The molecule has 0 heterocycles. The molecule has 3 nitrogen and oxygen atoms in total. The van der Waals surface area contributed by atoms with Crippen molar-refractivity contribution in [3.8, 4) is 0 Å². The number of nitrogens with zero attached hydrogens (tertiary/aromatic N) is 1. The molecule has 0 saturated heterocycles. The van der Waals surface area contributed by atoms with Gasteiger partial charge in [0.25, 0.3) is 0 Å². The number of carbonyl (C=O) groups excluding carboxylic acids is 1. The topological polar surface area (TPSA) is 26.3 Å². The Morgan fingerprint density at radius 1 is 0.960 bits per heavy atom. The predicted molar refractivity (Wildman–Crippen MR) is 105 cm³/mol. The Labute approximate surface area is 155 Å². The smallest absolute Gasteiger partial charge is 0.364 e. The van der Waals surface area contributed by atoms with Crippen molar-refractivity contribution in [2.45, 2.75) is 77.3 Å². The van der Waals surface area contributed by atoms with Crippen LogP contribution in [-0.4, -0.2) is 37.7 Å². The number of unbranched alkanes of at least 4 members (excludes halogenated alkanes) is 7. The number of methoxy groups -OCH3 is 1. The monoisotopic (exact) mass is 348 g/mol. The summed E-state index contributed by atoms with van der Waals surface area (Å²) in [4.78, 5) is 12.3. The predicted octanol–water partition coefficient (Wildman–Crippen LogP) is 5.34. The third-order valence-corrected chi connectivity index (χ3v) is 5.08. The molecule has 0 saturated carbocycles. The Hall–Kier alpha value is -1.35. The minimum Gasteiger partial charge on any atom is -0.465 e. The van der Waals surface area contributed by atoms with Crippen molar-refractivity contribution in [3.63, 3.8) is 0 Å². The number of likely N-dealkylation sites (N-methyl/N-ethyl adjacent to an activating group) is 1. The fraction of sp³-hybridized carbons (Fsp3) is 0.682. The Morgan fingerprint density at radius 3 is 2.08 bits per heavy atom. The van der Waals surface area contributed by atoms with Crippen molar-refractivity contribution in [1.82, 2.24) is 0 Å². The number of benzene rings is 1. The molecule has 1 unspecified atom stereocenters. The number of rotatable bonds is 13. The number of ether oxygens (including phenoxy) is 1. The zero-order valence-electron chi connectivity index (χ0n) is 16.8. The highest BCUT2D eigenvalue weighted by Crippen LogP contribution is 2.21. The summed E-state index contributed by atoms with van der Waals surface area (Å²) in [6.07, 6.45) is 11.2. The van der Waals surface area contributed by atoms with Crippen LogP contribution in [0, 0.1) is 0 Å². The van der Waals surface area contributed by atoms with Gasteiger partial charge in [-0.05, 0) is 6.42 Å². The molecule has 25 heavy (non-hydrogen) atoms. The van der Waals surface area contributed by atoms with Gasteiger partial charge in [-0.3, -0.25) is 0 Å². The Kier molecular flexibility index (Phi) is 10.5. The molecule has 0 spiro atoms. The molecule has 0 N–H and O–H groups in total. The van der Waals surface area contributed by atoms with E-state index in [1.165, 1.54) is 57.6 Å². The second kappa shape index (κ2) is 12.1. The van der Waals surface area contributed by atoms with Gasteiger partial charge in [0.1, 0.15) is 6.54 Å². The average Bonchev–Trinajstić information content (AvgIpc) is 2.60. The van der Waals surface area contributed by atoms with Crippen LogP contribution in [0.2, 0.25) is 0 Å². The van der Waals surface area contributed by atoms with Gasteiger partial charge in [0.15, 0.2) is 6.04 Å². The van der Waals surface area contributed by atoms with Crippen LogP contribution < -0.4 is 0 Å². The number of quaternary nitrogens is 1. The first-order valence-corrected chi connectivity index (χ1v) is 9.95. The van der Waals surface area contributed by atoms with E-state index in [1.807, 2.05) is 6.07 Å². The van der Waals surface area contributed by atoms with Gasteiger partial charge in [-0.15, -0.1) is 0 Å². The minimum absolute atomic E-state index is 0.0797. The molecule has 1 aromatic carbocycles. The van der Waals surface area contributed by atoms with E-state index in [0.29, 0.717) is 4.48 Å². The molecule has 0 aliphatic rings. The summed E-state index contributed by atoms with van der Waals surface area (Å²) in [5.74, 6) is -0.0797. The maximum Gasteiger partial charge on any atom is 0.364 e. The molecule has 0 aliphatic heterocycles. The van der Waals surface area contributed by atoms with Crippen molar-refractivity contribution in [1.29, 1.82) is 0 Å². The van der Waals surface area contributed by atoms with Crippen LogP contribution in [0.3, 0.4) is 0 Å². The second-order valence-electron chi connectivity index (χ2n) is 7.72. The summed E-state index contributed by atoms with van der Waals surface area (Å²) in [5, 5.41) is 0. The Balaban J connectivity index is 2.46. The number of hydrogen-bond acceptors (Lipinski definition) is 2. The maximum absolute atomic E-state index is 12.3. The van der Waals surface area contributed by atoms with Crippen LogP contribution in [0.5, 0.6) is 0 Å². The average molecular weight is 349 g/mol. The molecule has 0 bridgehead atoms. The number of esters is 1. The van der Waals surface area contributed by atoms with E-state index in [1.54, 1.807) is 0 Å². The summed E-state index contributed by atoms with van der Waals surface area (Å²) in [5.41, 5.74) is 1.26. The lowest BCUT2D eigenvalue weighted by molar-refractivity contribution is -0.920. The standard InChI is InChI=1S/C22H38NO2/c1-5-6-7-8-9-10-11-15-18-21(22(24)25-4)23(2,3)19-20-16-13-12-14-17-20/h12-14,16-17,21H,5-11,15,18-19H2,1-4H3/q+1. The largest absolute Gasteiger partial charge is 0.465 e. The number of hydrogen-bond donors (Lipinski definition) is 0. The van der Waals surface area contributed by atoms with Crippen molar-refractivity contribution in [2.24, 2.45) is 0 Å². The van der Waals surface area contributed by atoms with Crippen molar-refractivity contribution >= 4 is 5.97 Å². The van der Waals surface area contributed by atoms with Crippen LogP contribution in [0.1, 0.15) is 70.3 Å². The van der Waals surface area contributed by atoms with Gasteiger partial charge in [0.2, 0.25) is 0 Å². The fourth-order valence-electron chi connectivity index (χ4n) is 3.52. The summed E-state index contributed by atoms with van der Waals surface area (Å²) in [7, 11) is 5.78. The lowest BCUT2D eigenvalue weighted by Crippen LogP contribution is -2.52. The van der Waals surface area contributed by atoms with Gasteiger partial charge < -0.3 is 9.22 Å². The highest BCUT2D eigenvalue weighted by Gasteiger charge is 2.35. The second-order valence-corrected chi connectivity index (χ2v) is 7.72. The van der Waals surface area contributed by atoms with Crippen LogP contribution in [-0.2, 0) is 16.1 Å². The highest BCUT2D eigenvalue weighted by molar-refractivity contribution is 5.74. The molecule has 1 atom stereocenters. The zero-order chi connectivity index (χ0) is 18.5. The maximum atomic E-state index is 12.3. The van der Waals surface area contributed by atoms with Crippen molar-refractivity contribution in [2.75, 3.05) is 21.2 Å². The van der Waals surface area contributed by atoms with E-state index >= 15 is 0 Å². The van der Waals surface area contributed by atoms with Crippen LogP contribution >= 0.6 is 0 Å². The van der Waals surface area contributed by atoms with Gasteiger partial charge in [0.05, 0.1) is 21.2 Å². The van der Waals surface area contributed by atoms with E-state index < -0.39 is 0 Å². The van der Waals surface area contributed by atoms with Crippen molar-refractivity contribution in [3.05, 3.63) is 35.9 Å². The minimum atomic E-state index is -0.0923. The molecule has 0 aliphatic carbocycles. The summed E-state index contributed by atoms with van der Waals surface area (Å²) in [6, 6.07) is 10.3. The van der Waals surface area contributed by atoms with Crippen LogP contribution in [0.4, 0.5) is 0 Å². The SMILES string of the molecule is CCCCCCCCCCC(C(=O)OC)[N+](C)(C)Cc1ccccc1. The van der Waals surface area contributed by atoms with E-state index in [2.05, 4.69) is 45.3 Å². The molecule has 0 fully saturated rings. The zero-order valence-corrected chi connectivity index (χ0v) is 16.8. The summed E-state index contributed by atoms with van der Waals surface area (Å²) >= 11 is 0. The van der Waals surface area contributed by atoms with Gasteiger partial charge in [-0.2, -0.15) is 0 Å². The lowest BCUT2D eigenvalue weighted by Gasteiger charge is -2.36. The molecule has 0 aromatic heterocycles. The first kappa shape index (κ1) is 21.7. The highest BCUT2D eigenvalue weighted by atomic mass is 16.5. The molecule has 1 rings (SSSR count). The van der Waals surface area contributed by atoms with Gasteiger partial charge in [-0.1, -0.05) is 82.2 Å². The molecular weight excluding hydrogens is 310 g/mol. The Bertz CT molecular complexity index is 470. The van der Waals surface area contributed by atoms with Gasteiger partial charge in [0, 0.05) is 12.0 Å². The normalized spacial score (nSPS) is 12.8. The summed E-state index contributed by atoms with van der Waals surface area (Å²) < 4.78 is 5.75. The molecule has 0 amide bonds. The third-order valence-electron chi connectivity index (χ3n) is 5.08. The molecule has 1 aromatic rings. The van der Waals surface area contributed by atoms with Crippen LogP contribution in [0.15, 0.2) is 30.3 Å². The molecule has 0 radical (unpaired) electrons. The van der Waals surface area contributed by atoms with Crippen LogP contribution in [0.25, 0.3) is 0 Å². The van der Waals surface area contributed by atoms with E-state index in [0.717, 1.165) is 19.4 Å². The lowest BCUT2D eigenvalue weighted by atomic mass is 10.0. The quantitative estimate of drug-likeness (QED) is 0.273. The van der Waals surface area contributed by atoms with E-state index in [9.17, 15) is 4.79 Å². The van der Waals surface area contributed by atoms with Crippen molar-refractivity contribution < 1.29 is 14.0 Å². The molecule has 142 valence electrons. The van der Waals surface area contributed by atoms with Gasteiger partial charge in [-0.25, -0.2) is 4.79 Å². The number of carbonyl (C=O) groups is 1. The third kappa shape index (κ3) is 8.53. The van der Waals surface area contributed by atoms with E-state index in [-0.39, 0.29) is 12.0 Å². The molecule has 3 heteroatoms. The van der Waals surface area contributed by atoms with E-state index in [4.69, 9.17) is 4.74 Å². The summed E-state index contributed by atoms with van der Waals surface area (Å²) in [6.45, 7) is 3.10. The van der Waals surface area contributed by atoms with Gasteiger partial charge >= 0.3 is 5.97 Å². The Morgan fingerprint density at radius 2 is 1.52 bits per heavy atom. The fourth-order valence-corrected chi connectivity index (χ4v) is 3.52. The first-order chi connectivity index (χ1) is 12.0. The first-order valence-electron chi connectivity index (χ1n) is 9.95.